The van der Waals surface area contributed by atoms with Gasteiger partial charge in [0.15, 0.2) is 23.3 Å². The van der Waals surface area contributed by atoms with Crippen molar-refractivity contribution in [1.82, 2.24) is 0 Å². The van der Waals surface area contributed by atoms with Crippen molar-refractivity contribution in [1.29, 1.82) is 5.26 Å². The molecule has 1 aromatic carbocycles. The Balaban J connectivity index is 3.66. The molecule has 0 aliphatic carbocycles. The first-order valence-electron chi connectivity index (χ1n) is 3.79. The van der Waals surface area contributed by atoms with E-state index >= 15 is 0 Å². The number of nitriles is 1. The van der Waals surface area contributed by atoms with Crippen LogP contribution in [0.15, 0.2) is 0 Å². The quantitative estimate of drug-likeness (QED) is 0.508. The van der Waals surface area contributed by atoms with E-state index in [-0.39, 0.29) is 6.42 Å². The van der Waals surface area contributed by atoms with Crippen LogP contribution in [0, 0.1) is 34.6 Å². The summed E-state index contributed by atoms with van der Waals surface area (Å²) in [6.45, 7) is 1.35. The van der Waals surface area contributed by atoms with Crippen LogP contribution in [-0.4, -0.2) is 0 Å². The average Bonchev–Trinajstić information content (AvgIpc) is 2.17. The lowest BCUT2D eigenvalue weighted by molar-refractivity contribution is 0.437. The minimum atomic E-state index is -1.64. The molecule has 0 unspecified atom stereocenters. The van der Waals surface area contributed by atoms with Gasteiger partial charge in [0.05, 0.1) is 0 Å². The third-order valence-corrected chi connectivity index (χ3v) is 1.82. The first-order valence-corrected chi connectivity index (χ1v) is 3.79. The zero-order valence-corrected chi connectivity index (χ0v) is 7.17. The van der Waals surface area contributed by atoms with Crippen molar-refractivity contribution in [2.45, 2.75) is 13.3 Å². The molecule has 0 bridgehead atoms. The van der Waals surface area contributed by atoms with E-state index in [1.54, 1.807) is 0 Å². The Hall–Kier alpha value is -1.57. The first kappa shape index (κ1) is 10.5. The molecule has 1 nitrogen and oxygen atoms in total. The zero-order valence-electron chi connectivity index (χ0n) is 7.17. The first-order chi connectivity index (χ1) is 6.54. The van der Waals surface area contributed by atoms with E-state index in [9.17, 15) is 17.6 Å². The maximum Gasteiger partial charge on any atom is 0.180 e. The standard InChI is InChI=1S/C9H5F4N/c1-2-4-6(10)8(12)5(3-14)9(13)7(4)11/h2H2,1H3. The van der Waals surface area contributed by atoms with E-state index in [0.29, 0.717) is 0 Å². The van der Waals surface area contributed by atoms with Crippen molar-refractivity contribution < 1.29 is 17.6 Å². The van der Waals surface area contributed by atoms with Gasteiger partial charge in [-0.25, -0.2) is 17.6 Å². The SMILES string of the molecule is CCc1c(F)c(F)c(C#N)c(F)c1F. The van der Waals surface area contributed by atoms with Crippen LogP contribution < -0.4 is 0 Å². The molecule has 0 heterocycles. The third-order valence-electron chi connectivity index (χ3n) is 1.82. The summed E-state index contributed by atoms with van der Waals surface area (Å²) in [5.41, 5.74) is -1.91. The van der Waals surface area contributed by atoms with Crippen molar-refractivity contribution in [3.05, 3.63) is 34.4 Å². The highest BCUT2D eigenvalue weighted by Gasteiger charge is 2.23. The van der Waals surface area contributed by atoms with Gasteiger partial charge in [-0.15, -0.1) is 0 Å². The van der Waals surface area contributed by atoms with Gasteiger partial charge in [0.25, 0.3) is 0 Å². The van der Waals surface area contributed by atoms with Crippen LogP contribution in [0.2, 0.25) is 0 Å². The third kappa shape index (κ3) is 1.33. The Morgan fingerprint density at radius 3 is 1.71 bits per heavy atom. The highest BCUT2D eigenvalue weighted by atomic mass is 19.2. The van der Waals surface area contributed by atoms with Gasteiger partial charge in [0.1, 0.15) is 11.6 Å². The molecule has 14 heavy (non-hydrogen) atoms. The van der Waals surface area contributed by atoms with Gasteiger partial charge in [0, 0.05) is 5.56 Å². The summed E-state index contributed by atoms with van der Waals surface area (Å²) >= 11 is 0. The van der Waals surface area contributed by atoms with Crippen molar-refractivity contribution in [2.75, 3.05) is 0 Å². The summed E-state index contributed by atoms with van der Waals surface area (Å²) in [4.78, 5) is 0. The fraction of sp³-hybridized carbons (Fsp3) is 0.222. The number of nitrogens with zero attached hydrogens (tertiary/aromatic N) is 1. The lowest BCUT2D eigenvalue weighted by Gasteiger charge is -2.05. The molecule has 0 atom stereocenters. The summed E-state index contributed by atoms with van der Waals surface area (Å²) in [5.74, 6) is -6.27. The largest absolute Gasteiger partial charge is 0.203 e. The second-order valence-electron chi connectivity index (χ2n) is 2.57. The minimum Gasteiger partial charge on any atom is -0.203 e. The average molecular weight is 203 g/mol. The van der Waals surface area contributed by atoms with Gasteiger partial charge in [-0.1, -0.05) is 6.92 Å². The monoisotopic (exact) mass is 203 g/mol. The molecule has 1 rings (SSSR count). The fourth-order valence-corrected chi connectivity index (χ4v) is 1.09. The van der Waals surface area contributed by atoms with E-state index < -0.39 is 34.4 Å². The van der Waals surface area contributed by atoms with Gasteiger partial charge < -0.3 is 0 Å². The van der Waals surface area contributed by atoms with Gasteiger partial charge >= 0.3 is 0 Å². The number of hydrogen-bond acceptors (Lipinski definition) is 1. The van der Waals surface area contributed by atoms with E-state index in [0.717, 1.165) is 6.07 Å². The van der Waals surface area contributed by atoms with Gasteiger partial charge in [0.2, 0.25) is 0 Å². The maximum absolute atomic E-state index is 13.0. The molecule has 0 N–H and O–H groups in total. The molecular weight excluding hydrogens is 198 g/mol. The van der Waals surface area contributed by atoms with E-state index in [1.807, 2.05) is 0 Å². The predicted molar refractivity (Wildman–Crippen MR) is 40.4 cm³/mol. The van der Waals surface area contributed by atoms with Gasteiger partial charge in [-0.2, -0.15) is 5.26 Å². The number of halogens is 4. The molecule has 0 fully saturated rings. The molecule has 0 saturated heterocycles. The summed E-state index contributed by atoms with van der Waals surface area (Å²) in [5, 5.41) is 8.25. The molecule has 0 radical (unpaired) electrons. The molecule has 0 aromatic heterocycles. The Morgan fingerprint density at radius 2 is 1.43 bits per heavy atom. The molecule has 1 aromatic rings. The van der Waals surface area contributed by atoms with Crippen LogP contribution in [0.4, 0.5) is 17.6 Å². The summed E-state index contributed by atoms with van der Waals surface area (Å²) in [6.07, 6.45) is -0.183. The molecule has 0 spiro atoms. The fourth-order valence-electron chi connectivity index (χ4n) is 1.09. The Bertz CT molecular complexity index is 383. The highest BCUT2D eigenvalue weighted by molar-refractivity contribution is 5.37. The maximum atomic E-state index is 13.0. The second kappa shape index (κ2) is 3.66. The lowest BCUT2D eigenvalue weighted by atomic mass is 10.1. The van der Waals surface area contributed by atoms with Crippen molar-refractivity contribution in [2.24, 2.45) is 0 Å². The summed E-state index contributed by atoms with van der Waals surface area (Å²) in [7, 11) is 0. The highest BCUT2D eigenvalue weighted by Crippen LogP contribution is 2.23. The van der Waals surface area contributed by atoms with E-state index in [1.165, 1.54) is 6.92 Å². The Morgan fingerprint density at radius 1 is 1.00 bits per heavy atom. The van der Waals surface area contributed by atoms with Gasteiger partial charge in [-0.05, 0) is 6.42 Å². The van der Waals surface area contributed by atoms with Crippen LogP contribution in [0.3, 0.4) is 0 Å². The zero-order chi connectivity index (χ0) is 10.9. The number of hydrogen-bond donors (Lipinski definition) is 0. The van der Waals surface area contributed by atoms with Crippen molar-refractivity contribution in [3.63, 3.8) is 0 Å². The number of benzene rings is 1. The van der Waals surface area contributed by atoms with Crippen LogP contribution in [0.5, 0.6) is 0 Å². The Kier molecular flexibility index (Phi) is 2.75. The molecule has 5 heteroatoms. The van der Waals surface area contributed by atoms with Crippen LogP contribution >= 0.6 is 0 Å². The normalized spacial score (nSPS) is 10.0. The molecule has 0 aliphatic heterocycles. The topological polar surface area (TPSA) is 23.8 Å². The summed E-state index contributed by atoms with van der Waals surface area (Å²) < 4.78 is 51.7. The smallest absolute Gasteiger partial charge is 0.180 e. The lowest BCUT2D eigenvalue weighted by Crippen LogP contribution is -2.05. The second-order valence-corrected chi connectivity index (χ2v) is 2.57. The van der Waals surface area contributed by atoms with Crippen LogP contribution in [-0.2, 0) is 6.42 Å². The van der Waals surface area contributed by atoms with Gasteiger partial charge in [-0.3, -0.25) is 0 Å². The van der Waals surface area contributed by atoms with E-state index in [4.69, 9.17) is 5.26 Å². The number of rotatable bonds is 1. The predicted octanol–water partition coefficient (Wildman–Crippen LogP) is 2.68. The Labute approximate surface area is 77.6 Å². The van der Waals surface area contributed by atoms with Crippen molar-refractivity contribution in [3.8, 4) is 6.07 Å². The molecule has 74 valence electrons. The minimum absolute atomic E-state index is 0.183. The molecule has 0 saturated carbocycles. The molecular formula is C9H5F4N. The summed E-state index contributed by atoms with van der Waals surface area (Å²) in [6, 6.07) is 1.07. The van der Waals surface area contributed by atoms with E-state index in [2.05, 4.69) is 0 Å². The van der Waals surface area contributed by atoms with Crippen LogP contribution in [0.25, 0.3) is 0 Å². The van der Waals surface area contributed by atoms with Crippen molar-refractivity contribution >= 4 is 0 Å². The molecule has 0 aliphatic rings. The molecule has 0 amide bonds. The van der Waals surface area contributed by atoms with Crippen LogP contribution in [0.1, 0.15) is 18.1 Å².